The van der Waals surface area contributed by atoms with Gasteiger partial charge in [0.25, 0.3) is 0 Å². The number of rotatable bonds is 8. The standard InChI is InChI=1S/C20H18Cl2N4O2S/c1-13(27)23-10-9-19-24-25-20(26(19)15-7-8-16(21)17(22)11-15)29-12-18(28)14-5-3-2-4-6-14/h2-8,11H,9-10,12H2,1H3,(H,23,27). The largest absolute Gasteiger partial charge is 0.356 e. The average Bonchev–Trinajstić information content (AvgIpc) is 3.11. The fraction of sp³-hybridized carbons (Fsp3) is 0.200. The maximum Gasteiger partial charge on any atom is 0.216 e. The van der Waals surface area contributed by atoms with Crippen LogP contribution in [0.2, 0.25) is 10.0 Å². The Balaban J connectivity index is 1.85. The maximum atomic E-state index is 12.5. The number of nitrogens with zero attached hydrogens (tertiary/aromatic N) is 3. The van der Waals surface area contributed by atoms with Crippen LogP contribution in [0.1, 0.15) is 23.1 Å². The van der Waals surface area contributed by atoms with Crippen LogP contribution in [0.4, 0.5) is 0 Å². The van der Waals surface area contributed by atoms with E-state index in [1.807, 2.05) is 28.8 Å². The van der Waals surface area contributed by atoms with Crippen molar-refractivity contribution in [2.45, 2.75) is 18.5 Å². The molecular formula is C20H18Cl2N4O2S. The van der Waals surface area contributed by atoms with Crippen molar-refractivity contribution in [1.29, 1.82) is 0 Å². The zero-order valence-corrected chi connectivity index (χ0v) is 17.9. The van der Waals surface area contributed by atoms with Crippen molar-refractivity contribution in [2.24, 2.45) is 0 Å². The lowest BCUT2D eigenvalue weighted by Crippen LogP contribution is -2.23. The molecule has 0 atom stereocenters. The lowest BCUT2D eigenvalue weighted by Gasteiger charge is -2.11. The fourth-order valence-electron chi connectivity index (χ4n) is 2.63. The van der Waals surface area contributed by atoms with Gasteiger partial charge in [0.2, 0.25) is 5.91 Å². The molecule has 1 heterocycles. The van der Waals surface area contributed by atoms with Crippen molar-refractivity contribution < 1.29 is 9.59 Å². The highest BCUT2D eigenvalue weighted by atomic mass is 35.5. The molecular weight excluding hydrogens is 431 g/mol. The normalized spacial score (nSPS) is 10.7. The van der Waals surface area contributed by atoms with Crippen LogP contribution in [-0.4, -0.2) is 38.8 Å². The minimum atomic E-state index is -0.117. The highest BCUT2D eigenvalue weighted by molar-refractivity contribution is 7.99. The lowest BCUT2D eigenvalue weighted by molar-refractivity contribution is -0.118. The molecule has 0 aliphatic carbocycles. The van der Waals surface area contributed by atoms with Crippen LogP contribution in [0.25, 0.3) is 5.69 Å². The molecule has 1 N–H and O–H groups in total. The number of aromatic nitrogens is 3. The third-order valence-corrected chi connectivity index (χ3v) is 5.68. The van der Waals surface area contributed by atoms with Gasteiger partial charge in [-0.1, -0.05) is 65.3 Å². The van der Waals surface area contributed by atoms with E-state index < -0.39 is 0 Å². The van der Waals surface area contributed by atoms with E-state index >= 15 is 0 Å². The molecule has 3 aromatic rings. The first-order valence-electron chi connectivity index (χ1n) is 8.81. The van der Waals surface area contributed by atoms with Crippen molar-refractivity contribution in [3.63, 3.8) is 0 Å². The molecule has 6 nitrogen and oxygen atoms in total. The van der Waals surface area contributed by atoms with Crippen molar-refractivity contribution >= 4 is 46.7 Å². The third-order valence-electron chi connectivity index (χ3n) is 4.01. The van der Waals surface area contributed by atoms with Crippen LogP contribution < -0.4 is 5.32 Å². The SMILES string of the molecule is CC(=O)NCCc1nnc(SCC(=O)c2ccccc2)n1-c1ccc(Cl)c(Cl)c1. The molecule has 0 saturated heterocycles. The zero-order chi connectivity index (χ0) is 20.8. The average molecular weight is 449 g/mol. The molecule has 2 aromatic carbocycles. The van der Waals surface area contributed by atoms with Gasteiger partial charge in [-0.25, -0.2) is 0 Å². The molecule has 9 heteroatoms. The van der Waals surface area contributed by atoms with Gasteiger partial charge >= 0.3 is 0 Å². The van der Waals surface area contributed by atoms with Gasteiger partial charge in [0.05, 0.1) is 21.5 Å². The summed E-state index contributed by atoms with van der Waals surface area (Å²) in [6.45, 7) is 1.88. The number of amides is 1. The third kappa shape index (κ3) is 5.59. The topological polar surface area (TPSA) is 76.9 Å². The summed E-state index contributed by atoms with van der Waals surface area (Å²) in [7, 11) is 0. The number of halogens is 2. The Bertz CT molecular complexity index is 1020. The van der Waals surface area contributed by atoms with E-state index in [1.54, 1.807) is 24.3 Å². The summed E-state index contributed by atoms with van der Waals surface area (Å²) in [6.07, 6.45) is 0.472. The second-order valence-electron chi connectivity index (χ2n) is 6.14. The molecule has 150 valence electrons. The van der Waals surface area contributed by atoms with Gasteiger partial charge in [0, 0.05) is 25.5 Å². The lowest BCUT2D eigenvalue weighted by atomic mass is 10.2. The zero-order valence-electron chi connectivity index (χ0n) is 15.6. The predicted molar refractivity (Wildman–Crippen MR) is 115 cm³/mol. The summed E-state index contributed by atoms with van der Waals surface area (Å²) < 4.78 is 1.83. The summed E-state index contributed by atoms with van der Waals surface area (Å²) >= 11 is 13.5. The van der Waals surface area contributed by atoms with Crippen LogP contribution in [0, 0.1) is 0 Å². The van der Waals surface area contributed by atoms with Crippen LogP contribution in [0.3, 0.4) is 0 Å². The van der Waals surface area contributed by atoms with Gasteiger partial charge < -0.3 is 5.32 Å². The van der Waals surface area contributed by atoms with Gasteiger partial charge in [-0.3, -0.25) is 14.2 Å². The molecule has 0 bridgehead atoms. The van der Waals surface area contributed by atoms with Crippen LogP contribution in [0.15, 0.2) is 53.7 Å². The second-order valence-corrected chi connectivity index (χ2v) is 7.90. The smallest absolute Gasteiger partial charge is 0.216 e. The minimum Gasteiger partial charge on any atom is -0.356 e. The molecule has 0 spiro atoms. The van der Waals surface area contributed by atoms with Crippen molar-refractivity contribution in [2.75, 3.05) is 12.3 Å². The Morgan fingerprint density at radius 2 is 1.83 bits per heavy atom. The number of ketones is 1. The highest BCUT2D eigenvalue weighted by Crippen LogP contribution is 2.28. The molecule has 1 aromatic heterocycles. The number of carbonyl (C=O) groups is 2. The summed E-state index contributed by atoms with van der Waals surface area (Å²) in [6, 6.07) is 14.3. The van der Waals surface area contributed by atoms with Gasteiger partial charge in [-0.05, 0) is 18.2 Å². The Hall–Kier alpha value is -2.35. The van der Waals surface area contributed by atoms with E-state index in [4.69, 9.17) is 23.2 Å². The molecule has 0 radical (unpaired) electrons. The van der Waals surface area contributed by atoms with Crippen molar-refractivity contribution in [1.82, 2.24) is 20.1 Å². The van der Waals surface area contributed by atoms with Crippen LogP contribution in [-0.2, 0) is 11.2 Å². The number of benzene rings is 2. The van der Waals surface area contributed by atoms with E-state index in [-0.39, 0.29) is 17.4 Å². The first kappa shape index (κ1) is 21.4. The van der Waals surface area contributed by atoms with Crippen molar-refractivity contribution in [3.8, 4) is 5.69 Å². The summed E-state index contributed by atoms with van der Waals surface area (Å²) in [5.74, 6) is 0.745. The highest BCUT2D eigenvalue weighted by Gasteiger charge is 2.17. The molecule has 3 rings (SSSR count). The number of hydrogen-bond acceptors (Lipinski definition) is 5. The first-order valence-corrected chi connectivity index (χ1v) is 10.5. The fourth-order valence-corrected chi connectivity index (χ4v) is 3.78. The summed E-state index contributed by atoms with van der Waals surface area (Å²) in [4.78, 5) is 23.6. The molecule has 0 saturated carbocycles. The Morgan fingerprint density at radius 1 is 1.07 bits per heavy atom. The van der Waals surface area contributed by atoms with Gasteiger partial charge in [0.15, 0.2) is 10.9 Å². The number of carbonyl (C=O) groups excluding carboxylic acids is 2. The van der Waals surface area contributed by atoms with E-state index in [0.29, 0.717) is 39.6 Å². The van der Waals surface area contributed by atoms with Crippen molar-refractivity contribution in [3.05, 3.63) is 70.0 Å². The van der Waals surface area contributed by atoms with E-state index in [0.717, 1.165) is 5.69 Å². The van der Waals surface area contributed by atoms with Gasteiger partial charge in [-0.15, -0.1) is 10.2 Å². The van der Waals surface area contributed by atoms with E-state index in [2.05, 4.69) is 15.5 Å². The predicted octanol–water partition coefficient (Wildman–Crippen LogP) is 4.23. The van der Waals surface area contributed by atoms with Crippen LogP contribution >= 0.6 is 35.0 Å². The van der Waals surface area contributed by atoms with E-state index in [9.17, 15) is 9.59 Å². The minimum absolute atomic E-state index is 0.000847. The molecule has 0 fully saturated rings. The summed E-state index contributed by atoms with van der Waals surface area (Å²) in [5, 5.41) is 12.6. The molecule has 0 unspecified atom stereocenters. The summed E-state index contributed by atoms with van der Waals surface area (Å²) in [5.41, 5.74) is 1.38. The molecule has 0 aliphatic rings. The van der Waals surface area contributed by atoms with Gasteiger partial charge in [0.1, 0.15) is 5.82 Å². The first-order chi connectivity index (χ1) is 14.0. The molecule has 0 aliphatic heterocycles. The maximum absolute atomic E-state index is 12.5. The van der Waals surface area contributed by atoms with E-state index in [1.165, 1.54) is 18.7 Å². The Labute approximate surface area is 182 Å². The number of Topliss-reactive ketones (excluding diaryl/α,β-unsaturated/α-hetero) is 1. The monoisotopic (exact) mass is 448 g/mol. The Kier molecular flexibility index (Phi) is 7.30. The number of nitrogens with one attached hydrogen (secondary N) is 1. The number of hydrogen-bond donors (Lipinski definition) is 1. The number of thioether (sulfide) groups is 1. The Morgan fingerprint density at radius 3 is 2.52 bits per heavy atom. The molecule has 1 amide bonds. The van der Waals surface area contributed by atoms with Crippen LogP contribution in [0.5, 0.6) is 0 Å². The quantitative estimate of drug-likeness (QED) is 0.412. The second kappa shape index (κ2) is 9.91. The molecule has 29 heavy (non-hydrogen) atoms. The van der Waals surface area contributed by atoms with Gasteiger partial charge in [-0.2, -0.15) is 0 Å².